The first-order valence-corrected chi connectivity index (χ1v) is 7.53. The van der Waals surface area contributed by atoms with Crippen molar-refractivity contribution in [3.63, 3.8) is 0 Å². The van der Waals surface area contributed by atoms with Crippen LogP contribution in [0.25, 0.3) is 0 Å². The van der Waals surface area contributed by atoms with Crippen LogP contribution in [-0.2, 0) is 6.61 Å². The fourth-order valence-electron chi connectivity index (χ4n) is 1.88. The predicted molar refractivity (Wildman–Crippen MR) is 86.6 cm³/mol. The molecule has 1 aromatic heterocycles. The molecule has 0 aliphatic heterocycles. The first kappa shape index (κ1) is 15.8. The highest BCUT2D eigenvalue weighted by molar-refractivity contribution is 8.00. The third-order valence-electron chi connectivity index (χ3n) is 2.98. The van der Waals surface area contributed by atoms with Crippen LogP contribution in [0.5, 0.6) is 5.75 Å². The zero-order chi connectivity index (χ0) is 15.4. The number of para-hydroxylation sites is 1. The molecule has 1 atom stereocenters. The van der Waals surface area contributed by atoms with Crippen LogP contribution in [0.1, 0.15) is 22.3 Å². The van der Waals surface area contributed by atoms with E-state index in [-0.39, 0.29) is 17.9 Å². The fraction of sp³-hybridized carbons (Fsp3) is 0.214. The van der Waals surface area contributed by atoms with Gasteiger partial charge in [0.25, 0.3) is 0 Å². The maximum atomic E-state index is 10.3. The summed E-state index contributed by atoms with van der Waals surface area (Å²) in [6.07, 6.45) is 0. The van der Waals surface area contributed by atoms with Gasteiger partial charge in [0, 0.05) is 16.8 Å². The molecule has 0 aliphatic rings. The van der Waals surface area contributed by atoms with E-state index >= 15 is 0 Å². The zero-order valence-electron chi connectivity index (χ0n) is 11.3. The molecule has 0 radical (unpaired) electrons. The number of aromatic hydroxyl groups is 1. The SMILES string of the molecule is Cc1[nH]c(=S)c(CO)c(C(O)SNc2ccccc2)c1O. The molecule has 7 heteroatoms. The number of hydrogen-bond acceptors (Lipinski definition) is 6. The highest BCUT2D eigenvalue weighted by atomic mass is 32.2. The van der Waals surface area contributed by atoms with Gasteiger partial charge >= 0.3 is 0 Å². The van der Waals surface area contributed by atoms with Gasteiger partial charge in [0.05, 0.1) is 12.3 Å². The summed E-state index contributed by atoms with van der Waals surface area (Å²) < 4.78 is 3.30. The average molecular weight is 324 g/mol. The quantitative estimate of drug-likeness (QED) is 0.330. The maximum Gasteiger partial charge on any atom is 0.148 e. The lowest BCUT2D eigenvalue weighted by molar-refractivity contribution is 0.247. The molecular formula is C14H16N2O3S2. The summed E-state index contributed by atoms with van der Waals surface area (Å²) in [6.45, 7) is 1.29. The second-order valence-corrected chi connectivity index (χ2v) is 5.71. The number of benzene rings is 1. The summed E-state index contributed by atoms with van der Waals surface area (Å²) in [6, 6.07) is 9.34. The van der Waals surface area contributed by atoms with E-state index in [0.717, 1.165) is 17.6 Å². The largest absolute Gasteiger partial charge is 0.506 e. The fourth-order valence-corrected chi connectivity index (χ4v) is 2.97. The van der Waals surface area contributed by atoms with Crippen LogP contribution < -0.4 is 4.72 Å². The van der Waals surface area contributed by atoms with Gasteiger partial charge < -0.3 is 25.0 Å². The van der Waals surface area contributed by atoms with E-state index in [9.17, 15) is 15.3 Å². The van der Waals surface area contributed by atoms with Crippen molar-refractivity contribution < 1.29 is 15.3 Å². The van der Waals surface area contributed by atoms with E-state index in [1.165, 1.54) is 0 Å². The molecule has 2 aromatic rings. The second kappa shape index (κ2) is 6.95. The lowest BCUT2D eigenvalue weighted by Crippen LogP contribution is -2.06. The number of aryl methyl sites for hydroxylation is 1. The summed E-state index contributed by atoms with van der Waals surface area (Å²) in [5, 5.41) is 29.8. The van der Waals surface area contributed by atoms with Crippen molar-refractivity contribution in [1.82, 2.24) is 4.98 Å². The number of aromatic nitrogens is 1. The molecule has 1 heterocycles. The van der Waals surface area contributed by atoms with Gasteiger partial charge in [-0.05, 0) is 31.0 Å². The molecule has 1 unspecified atom stereocenters. The minimum Gasteiger partial charge on any atom is -0.506 e. The molecule has 0 aliphatic carbocycles. The summed E-state index contributed by atoms with van der Waals surface area (Å²) in [7, 11) is 0. The van der Waals surface area contributed by atoms with Gasteiger partial charge in [-0.15, -0.1) is 0 Å². The molecule has 0 amide bonds. The van der Waals surface area contributed by atoms with E-state index in [1.807, 2.05) is 30.3 Å². The highest BCUT2D eigenvalue weighted by Crippen LogP contribution is 2.37. The molecule has 1 aromatic carbocycles. The Bertz CT molecular complexity index is 674. The minimum atomic E-state index is -1.07. The van der Waals surface area contributed by atoms with Crippen molar-refractivity contribution in [3.05, 3.63) is 51.8 Å². The number of aliphatic hydroxyl groups excluding tert-OH is 2. The van der Waals surface area contributed by atoms with Crippen LogP contribution in [0.15, 0.2) is 30.3 Å². The Morgan fingerprint density at radius 3 is 2.62 bits per heavy atom. The van der Waals surface area contributed by atoms with E-state index in [0.29, 0.717) is 15.9 Å². The first-order chi connectivity index (χ1) is 10.0. The molecule has 2 rings (SSSR count). The number of pyridine rings is 1. The van der Waals surface area contributed by atoms with Gasteiger partial charge in [0.2, 0.25) is 0 Å². The van der Waals surface area contributed by atoms with Crippen LogP contribution >= 0.6 is 24.2 Å². The minimum absolute atomic E-state index is 0.0949. The van der Waals surface area contributed by atoms with E-state index in [4.69, 9.17) is 12.2 Å². The van der Waals surface area contributed by atoms with Crippen molar-refractivity contribution in [2.75, 3.05) is 4.72 Å². The summed E-state index contributed by atoms with van der Waals surface area (Å²) in [4.78, 5) is 2.79. The highest BCUT2D eigenvalue weighted by Gasteiger charge is 2.21. The van der Waals surface area contributed by atoms with Gasteiger partial charge in [-0.25, -0.2) is 0 Å². The normalized spacial score (nSPS) is 12.1. The van der Waals surface area contributed by atoms with E-state index < -0.39 is 5.44 Å². The number of nitrogens with one attached hydrogen (secondary N) is 2. The standard InChI is InChI=1S/C14H16N2O3S2/c1-8-12(18)11(10(7-17)13(20)15-8)14(19)21-16-9-5-3-2-4-6-9/h2-6,14,16-19H,7H2,1H3,(H,15,20). The molecule has 0 bridgehead atoms. The van der Waals surface area contributed by atoms with Crippen LogP contribution in [0.4, 0.5) is 5.69 Å². The van der Waals surface area contributed by atoms with Gasteiger partial charge in [-0.3, -0.25) is 0 Å². The number of rotatable bonds is 5. The van der Waals surface area contributed by atoms with Crippen LogP contribution in [0.3, 0.4) is 0 Å². The Balaban J connectivity index is 2.26. The first-order valence-electron chi connectivity index (χ1n) is 6.24. The van der Waals surface area contributed by atoms with Crippen LogP contribution in [0.2, 0.25) is 0 Å². The third kappa shape index (κ3) is 3.56. The van der Waals surface area contributed by atoms with Gasteiger partial charge in [-0.2, -0.15) is 0 Å². The Hall–Kier alpha value is -1.54. The Morgan fingerprint density at radius 1 is 1.33 bits per heavy atom. The van der Waals surface area contributed by atoms with Crippen LogP contribution in [-0.4, -0.2) is 20.3 Å². The monoisotopic (exact) mass is 324 g/mol. The number of aromatic amines is 1. The van der Waals surface area contributed by atoms with Crippen molar-refractivity contribution in [2.45, 2.75) is 19.0 Å². The molecule has 0 saturated carbocycles. The lowest BCUT2D eigenvalue weighted by Gasteiger charge is -2.18. The van der Waals surface area contributed by atoms with E-state index in [1.54, 1.807) is 6.92 Å². The van der Waals surface area contributed by atoms with Gasteiger partial charge in [0.1, 0.15) is 15.8 Å². The molecule has 112 valence electrons. The maximum absolute atomic E-state index is 10.3. The summed E-state index contributed by atoms with van der Waals surface area (Å²) >= 11 is 6.13. The third-order valence-corrected chi connectivity index (χ3v) is 4.14. The predicted octanol–water partition coefficient (Wildman–Crippen LogP) is 3.00. The smallest absolute Gasteiger partial charge is 0.148 e. The zero-order valence-corrected chi connectivity index (χ0v) is 13.0. The van der Waals surface area contributed by atoms with Crippen molar-refractivity contribution in [1.29, 1.82) is 0 Å². The summed E-state index contributed by atoms with van der Waals surface area (Å²) in [5.41, 5.74) is 0.758. The van der Waals surface area contributed by atoms with Crippen LogP contribution in [0, 0.1) is 11.6 Å². The number of aliphatic hydroxyl groups is 2. The molecule has 5 nitrogen and oxygen atoms in total. The van der Waals surface area contributed by atoms with Crippen molar-refractivity contribution in [3.8, 4) is 5.75 Å². The molecule has 5 N–H and O–H groups in total. The Labute approximate surface area is 131 Å². The Kier molecular flexibility index (Phi) is 5.24. The Morgan fingerprint density at radius 2 is 2.00 bits per heavy atom. The molecule has 0 saturated heterocycles. The number of H-pyrrole nitrogens is 1. The van der Waals surface area contributed by atoms with Gasteiger partial charge in [0.15, 0.2) is 0 Å². The number of hydrogen-bond donors (Lipinski definition) is 5. The molecule has 0 spiro atoms. The molecule has 0 fully saturated rings. The number of anilines is 1. The van der Waals surface area contributed by atoms with Crippen molar-refractivity contribution in [2.24, 2.45) is 0 Å². The topological polar surface area (TPSA) is 88.5 Å². The molecular weight excluding hydrogens is 308 g/mol. The van der Waals surface area contributed by atoms with Gasteiger partial charge in [-0.1, -0.05) is 30.4 Å². The lowest BCUT2D eigenvalue weighted by atomic mass is 10.1. The van der Waals surface area contributed by atoms with Crippen molar-refractivity contribution >= 4 is 29.9 Å². The van der Waals surface area contributed by atoms with E-state index in [2.05, 4.69) is 9.71 Å². The second-order valence-electron chi connectivity index (χ2n) is 4.42. The average Bonchev–Trinajstić information content (AvgIpc) is 2.49. The molecule has 21 heavy (non-hydrogen) atoms. The summed E-state index contributed by atoms with van der Waals surface area (Å²) in [5.74, 6) is -0.0949.